The number of hydrogen-bond donors (Lipinski definition) is 2. The van der Waals surface area contributed by atoms with Crippen LogP contribution in [0, 0.1) is 5.92 Å². The maximum Gasteiger partial charge on any atom is 0.224 e. The Morgan fingerprint density at radius 3 is 2.73 bits per heavy atom. The van der Waals surface area contributed by atoms with Crippen LogP contribution in [0.4, 0.5) is 5.69 Å². The van der Waals surface area contributed by atoms with Gasteiger partial charge in [-0.1, -0.05) is 55.3 Å². The zero-order valence-corrected chi connectivity index (χ0v) is 18.2. The van der Waals surface area contributed by atoms with Gasteiger partial charge in [-0.25, -0.2) is 0 Å². The number of aryl methyl sites for hydroxylation is 1. The van der Waals surface area contributed by atoms with E-state index < -0.39 is 0 Å². The number of ketones is 1. The van der Waals surface area contributed by atoms with Gasteiger partial charge in [-0.05, 0) is 54.9 Å². The highest BCUT2D eigenvalue weighted by Crippen LogP contribution is 2.39. The SMILES string of the molecule is CCCC(Cc1ccccc1)NCC1CCc2cc(Cl)c3c(c2C1=O)CCC(=O)N3. The van der Waals surface area contributed by atoms with Crippen LogP contribution in [0.15, 0.2) is 36.4 Å². The quantitative estimate of drug-likeness (QED) is 0.659. The Morgan fingerprint density at radius 2 is 1.97 bits per heavy atom. The number of benzene rings is 2. The number of hydrogen-bond acceptors (Lipinski definition) is 3. The maximum atomic E-state index is 13.4. The van der Waals surface area contributed by atoms with Crippen molar-refractivity contribution in [3.05, 3.63) is 63.7 Å². The van der Waals surface area contributed by atoms with Crippen LogP contribution >= 0.6 is 11.6 Å². The van der Waals surface area contributed by atoms with Gasteiger partial charge in [-0.2, -0.15) is 0 Å². The standard InChI is InChI=1S/C25H29ClN2O2/c1-2-6-19(13-16-7-4-3-5-8-16)27-15-18-10-9-17-14-21(26)24-20(23(17)25(18)30)11-12-22(29)28-24/h3-5,7-8,14,18-19,27H,2,6,9-13,15H2,1H3,(H,28,29). The Labute approximate surface area is 183 Å². The van der Waals surface area contributed by atoms with Gasteiger partial charge < -0.3 is 10.6 Å². The van der Waals surface area contributed by atoms with Gasteiger partial charge in [-0.15, -0.1) is 0 Å². The third kappa shape index (κ3) is 4.45. The molecular formula is C25H29ClN2O2. The summed E-state index contributed by atoms with van der Waals surface area (Å²) >= 11 is 6.40. The highest BCUT2D eigenvalue weighted by Gasteiger charge is 2.33. The van der Waals surface area contributed by atoms with Gasteiger partial charge in [0.25, 0.3) is 0 Å². The molecule has 0 saturated heterocycles. The van der Waals surface area contributed by atoms with Gasteiger partial charge in [0.05, 0.1) is 10.7 Å². The fraction of sp³-hybridized carbons (Fsp3) is 0.440. The molecule has 1 amide bonds. The van der Waals surface area contributed by atoms with Crippen molar-refractivity contribution in [1.29, 1.82) is 0 Å². The van der Waals surface area contributed by atoms with Crippen molar-refractivity contribution in [2.45, 2.75) is 57.9 Å². The molecule has 0 spiro atoms. The summed E-state index contributed by atoms with van der Waals surface area (Å²) in [5.41, 5.74) is 4.74. The molecule has 4 rings (SSSR count). The third-order valence-corrected chi connectivity index (χ3v) is 6.62. The Bertz CT molecular complexity index is 942. The van der Waals surface area contributed by atoms with Gasteiger partial charge in [0.1, 0.15) is 0 Å². The lowest BCUT2D eigenvalue weighted by Crippen LogP contribution is -2.39. The number of fused-ring (bicyclic) bond motifs is 3. The Hall–Kier alpha value is -2.17. The van der Waals surface area contributed by atoms with Crippen molar-refractivity contribution in [3.8, 4) is 0 Å². The van der Waals surface area contributed by atoms with E-state index in [9.17, 15) is 9.59 Å². The van der Waals surface area contributed by atoms with Gasteiger partial charge in [-0.3, -0.25) is 9.59 Å². The molecule has 2 atom stereocenters. The molecule has 5 heteroatoms. The molecule has 0 saturated carbocycles. The summed E-state index contributed by atoms with van der Waals surface area (Å²) in [6, 6.07) is 12.8. The topological polar surface area (TPSA) is 58.2 Å². The predicted molar refractivity (Wildman–Crippen MR) is 121 cm³/mol. The molecule has 2 aromatic rings. The molecule has 30 heavy (non-hydrogen) atoms. The van der Waals surface area contributed by atoms with Crippen molar-refractivity contribution in [2.75, 3.05) is 11.9 Å². The monoisotopic (exact) mass is 424 g/mol. The molecule has 0 aromatic heterocycles. The van der Waals surface area contributed by atoms with E-state index >= 15 is 0 Å². The summed E-state index contributed by atoms with van der Waals surface area (Å²) in [4.78, 5) is 25.2. The molecule has 2 aliphatic rings. The first-order chi connectivity index (χ1) is 14.6. The van der Waals surface area contributed by atoms with Crippen molar-refractivity contribution in [3.63, 3.8) is 0 Å². The van der Waals surface area contributed by atoms with Gasteiger partial charge in [0.2, 0.25) is 5.91 Å². The van der Waals surface area contributed by atoms with Gasteiger partial charge in [0, 0.05) is 30.5 Å². The molecule has 1 heterocycles. The van der Waals surface area contributed by atoms with Crippen molar-refractivity contribution < 1.29 is 9.59 Å². The molecule has 0 bridgehead atoms. The van der Waals surface area contributed by atoms with E-state index in [-0.39, 0.29) is 17.6 Å². The van der Waals surface area contributed by atoms with E-state index in [1.54, 1.807) is 0 Å². The summed E-state index contributed by atoms with van der Waals surface area (Å²) in [6.07, 6.45) is 5.86. The number of rotatable bonds is 7. The summed E-state index contributed by atoms with van der Waals surface area (Å²) in [5, 5.41) is 7.10. The normalized spacial score (nSPS) is 19.1. The van der Waals surface area contributed by atoms with Crippen molar-refractivity contribution in [2.24, 2.45) is 5.92 Å². The average Bonchev–Trinajstić information content (AvgIpc) is 2.74. The van der Waals surface area contributed by atoms with Crippen LogP contribution in [-0.2, 0) is 24.1 Å². The first-order valence-corrected chi connectivity index (χ1v) is 11.4. The molecule has 0 radical (unpaired) electrons. The lowest BCUT2D eigenvalue weighted by molar-refractivity contribution is -0.116. The summed E-state index contributed by atoms with van der Waals surface area (Å²) in [6.45, 7) is 2.89. The second-order valence-corrected chi connectivity index (χ2v) is 8.88. The average molecular weight is 425 g/mol. The van der Waals surface area contributed by atoms with Crippen molar-refractivity contribution >= 4 is 29.0 Å². The van der Waals surface area contributed by atoms with Crippen LogP contribution in [0.2, 0.25) is 5.02 Å². The molecule has 4 nitrogen and oxygen atoms in total. The number of halogens is 1. The molecule has 1 aliphatic heterocycles. The Balaban J connectivity index is 1.49. The zero-order chi connectivity index (χ0) is 21.1. The number of carbonyl (C=O) groups is 2. The van der Waals surface area contributed by atoms with E-state index in [0.29, 0.717) is 36.1 Å². The second-order valence-electron chi connectivity index (χ2n) is 8.48. The minimum Gasteiger partial charge on any atom is -0.325 e. The molecule has 2 unspecified atom stereocenters. The third-order valence-electron chi connectivity index (χ3n) is 6.33. The second kappa shape index (κ2) is 9.32. The molecule has 0 fully saturated rings. The van der Waals surface area contributed by atoms with Crippen molar-refractivity contribution in [1.82, 2.24) is 5.32 Å². The first-order valence-electron chi connectivity index (χ1n) is 11.0. The summed E-state index contributed by atoms with van der Waals surface area (Å²) < 4.78 is 0. The zero-order valence-electron chi connectivity index (χ0n) is 17.5. The van der Waals surface area contributed by atoms with E-state index in [1.807, 2.05) is 12.1 Å². The smallest absolute Gasteiger partial charge is 0.224 e. The number of Topliss-reactive ketones (excluding diaryl/α,β-unsaturated/α-hetero) is 1. The van der Waals surface area contributed by atoms with Crippen LogP contribution < -0.4 is 10.6 Å². The largest absolute Gasteiger partial charge is 0.325 e. The number of nitrogens with one attached hydrogen (secondary N) is 2. The minimum absolute atomic E-state index is 0.0319. The highest BCUT2D eigenvalue weighted by atomic mass is 35.5. The molecular weight excluding hydrogens is 396 g/mol. The number of amides is 1. The molecule has 2 N–H and O–H groups in total. The van der Waals surface area contributed by atoms with Crippen LogP contribution in [-0.4, -0.2) is 24.3 Å². The highest BCUT2D eigenvalue weighted by molar-refractivity contribution is 6.34. The van der Waals surface area contributed by atoms with Crippen LogP contribution in [0.5, 0.6) is 0 Å². The van der Waals surface area contributed by atoms with Crippen LogP contribution in [0.3, 0.4) is 0 Å². The van der Waals surface area contributed by atoms with E-state index in [4.69, 9.17) is 11.6 Å². The van der Waals surface area contributed by atoms with E-state index in [0.717, 1.165) is 48.8 Å². The van der Waals surface area contributed by atoms with Gasteiger partial charge in [0.15, 0.2) is 5.78 Å². The molecule has 1 aliphatic carbocycles. The fourth-order valence-electron chi connectivity index (χ4n) is 4.78. The molecule has 2 aromatic carbocycles. The lowest BCUT2D eigenvalue weighted by atomic mass is 9.78. The van der Waals surface area contributed by atoms with E-state index in [2.05, 4.69) is 41.8 Å². The summed E-state index contributed by atoms with van der Waals surface area (Å²) in [5.74, 6) is 0.132. The number of anilines is 1. The fourth-order valence-corrected chi connectivity index (χ4v) is 5.08. The van der Waals surface area contributed by atoms with Gasteiger partial charge >= 0.3 is 0 Å². The maximum absolute atomic E-state index is 13.4. The predicted octanol–water partition coefficient (Wildman–Crippen LogP) is 4.97. The Kier molecular flexibility index (Phi) is 6.55. The first kappa shape index (κ1) is 21.1. The Morgan fingerprint density at radius 1 is 1.17 bits per heavy atom. The minimum atomic E-state index is -0.0332. The van der Waals surface area contributed by atoms with Crippen LogP contribution in [0.1, 0.15) is 59.7 Å². The van der Waals surface area contributed by atoms with Crippen LogP contribution in [0.25, 0.3) is 0 Å². The number of carbonyl (C=O) groups excluding carboxylic acids is 2. The lowest BCUT2D eigenvalue weighted by Gasteiger charge is -2.30. The van der Waals surface area contributed by atoms with E-state index in [1.165, 1.54) is 5.56 Å². The molecule has 158 valence electrons. The summed E-state index contributed by atoms with van der Waals surface area (Å²) in [7, 11) is 0.